The number of esters is 1. The van der Waals surface area contributed by atoms with Crippen LogP contribution in [-0.2, 0) is 9.53 Å². The Labute approximate surface area is 218 Å². The SMILES string of the molecule is CCCC(CC)C(=O)N(c1cc(C2=CCCCC2)sc1C(=O)OC)C1CCN(c2ncccn2)CC1. The van der Waals surface area contributed by atoms with Crippen LogP contribution in [0.15, 0.2) is 30.6 Å². The lowest BCUT2D eigenvalue weighted by molar-refractivity contribution is -0.123. The van der Waals surface area contributed by atoms with E-state index < -0.39 is 0 Å². The van der Waals surface area contributed by atoms with Crippen molar-refractivity contribution in [2.75, 3.05) is 30.0 Å². The van der Waals surface area contributed by atoms with Gasteiger partial charge in [0, 0.05) is 42.3 Å². The summed E-state index contributed by atoms with van der Waals surface area (Å²) in [5, 5.41) is 0. The summed E-state index contributed by atoms with van der Waals surface area (Å²) in [6.45, 7) is 5.73. The molecule has 1 aliphatic carbocycles. The minimum atomic E-state index is -0.367. The van der Waals surface area contributed by atoms with Crippen LogP contribution in [0.25, 0.3) is 5.57 Å². The van der Waals surface area contributed by atoms with Gasteiger partial charge in [-0.2, -0.15) is 0 Å². The summed E-state index contributed by atoms with van der Waals surface area (Å²) in [5.74, 6) is 0.423. The van der Waals surface area contributed by atoms with Crippen molar-refractivity contribution in [2.24, 2.45) is 5.92 Å². The van der Waals surface area contributed by atoms with Gasteiger partial charge in [0.25, 0.3) is 0 Å². The number of anilines is 2. The van der Waals surface area contributed by atoms with E-state index >= 15 is 0 Å². The molecule has 7 nitrogen and oxygen atoms in total. The molecule has 0 aromatic carbocycles. The van der Waals surface area contributed by atoms with E-state index in [1.54, 1.807) is 12.4 Å². The number of hydrogen-bond acceptors (Lipinski definition) is 7. The highest BCUT2D eigenvalue weighted by molar-refractivity contribution is 7.15. The van der Waals surface area contributed by atoms with E-state index in [1.807, 2.05) is 11.0 Å². The number of methoxy groups -OCH3 is 1. The Balaban J connectivity index is 1.69. The molecule has 1 aliphatic heterocycles. The summed E-state index contributed by atoms with van der Waals surface area (Å²) in [7, 11) is 1.42. The molecule has 4 rings (SSSR count). The zero-order valence-corrected chi connectivity index (χ0v) is 22.6. The van der Waals surface area contributed by atoms with Gasteiger partial charge in [-0.15, -0.1) is 11.3 Å². The summed E-state index contributed by atoms with van der Waals surface area (Å²) in [6, 6.07) is 3.91. The zero-order chi connectivity index (χ0) is 25.5. The van der Waals surface area contributed by atoms with E-state index in [-0.39, 0.29) is 23.8 Å². The van der Waals surface area contributed by atoms with Crippen molar-refractivity contribution < 1.29 is 14.3 Å². The molecule has 0 N–H and O–H groups in total. The number of thiophene rings is 1. The van der Waals surface area contributed by atoms with Crippen LogP contribution >= 0.6 is 11.3 Å². The molecule has 1 unspecified atom stereocenters. The number of piperidine rings is 1. The third-order valence-corrected chi connectivity index (χ3v) is 8.51. The van der Waals surface area contributed by atoms with Gasteiger partial charge in [0.15, 0.2) is 0 Å². The fourth-order valence-corrected chi connectivity index (χ4v) is 6.48. The number of hydrogen-bond donors (Lipinski definition) is 0. The van der Waals surface area contributed by atoms with E-state index in [2.05, 4.69) is 40.9 Å². The number of amides is 1. The Hall–Kier alpha value is -2.74. The molecule has 194 valence electrons. The molecule has 0 spiro atoms. The first-order chi connectivity index (χ1) is 17.6. The predicted molar refractivity (Wildman–Crippen MR) is 146 cm³/mol. The molecular formula is C28H38N4O3S. The fraction of sp³-hybridized carbons (Fsp3) is 0.571. The molecule has 1 amide bonds. The Bertz CT molecular complexity index is 1060. The van der Waals surface area contributed by atoms with E-state index in [4.69, 9.17) is 4.74 Å². The molecule has 0 bridgehead atoms. The van der Waals surface area contributed by atoms with E-state index in [0.717, 1.165) is 81.0 Å². The van der Waals surface area contributed by atoms with Crippen LogP contribution in [0.3, 0.4) is 0 Å². The van der Waals surface area contributed by atoms with Crippen LogP contribution < -0.4 is 9.80 Å². The van der Waals surface area contributed by atoms with Crippen molar-refractivity contribution in [1.82, 2.24) is 9.97 Å². The molecule has 0 radical (unpaired) electrons. The van der Waals surface area contributed by atoms with Crippen LogP contribution in [0.4, 0.5) is 11.6 Å². The quantitative estimate of drug-likeness (QED) is 0.379. The van der Waals surface area contributed by atoms with Gasteiger partial charge in [0.05, 0.1) is 12.8 Å². The molecular weight excluding hydrogens is 472 g/mol. The topological polar surface area (TPSA) is 75.6 Å². The van der Waals surface area contributed by atoms with Crippen LogP contribution in [0.5, 0.6) is 0 Å². The minimum absolute atomic E-state index is 0.00885. The number of ether oxygens (including phenoxy) is 1. The molecule has 3 heterocycles. The normalized spacial score (nSPS) is 17.4. The highest BCUT2D eigenvalue weighted by Crippen LogP contribution is 2.41. The molecule has 36 heavy (non-hydrogen) atoms. The van der Waals surface area contributed by atoms with Crippen molar-refractivity contribution in [3.8, 4) is 0 Å². The second kappa shape index (κ2) is 12.5. The van der Waals surface area contributed by atoms with E-state index in [9.17, 15) is 9.59 Å². The standard InChI is InChI=1S/C28H38N4O3S/c1-4-10-20(5-2)26(33)32(22-13-17-31(18-14-22)28-29-15-9-16-30-28)23-19-24(21-11-7-6-8-12-21)36-25(23)27(34)35-3/h9,11,15-16,19-20,22H,4-8,10,12-14,17-18H2,1-3H3. The lowest BCUT2D eigenvalue weighted by atomic mass is 9.94. The highest BCUT2D eigenvalue weighted by atomic mass is 32.1. The first kappa shape index (κ1) is 26.3. The fourth-order valence-electron chi connectivity index (χ4n) is 5.34. The van der Waals surface area contributed by atoms with Crippen LogP contribution in [-0.4, -0.2) is 48.1 Å². The molecule has 1 fully saturated rings. The molecule has 2 aromatic heterocycles. The lowest BCUT2D eigenvalue weighted by Gasteiger charge is -2.39. The maximum Gasteiger partial charge on any atom is 0.350 e. The molecule has 8 heteroatoms. The monoisotopic (exact) mass is 510 g/mol. The van der Waals surface area contributed by atoms with Gasteiger partial charge in [-0.25, -0.2) is 14.8 Å². The third-order valence-electron chi connectivity index (χ3n) is 7.33. The van der Waals surface area contributed by atoms with E-state index in [1.165, 1.54) is 30.4 Å². The molecule has 1 saturated heterocycles. The third kappa shape index (κ3) is 5.80. The Morgan fingerprint density at radius 2 is 1.94 bits per heavy atom. The van der Waals surface area contributed by atoms with Crippen LogP contribution in [0, 0.1) is 5.92 Å². The molecule has 1 atom stereocenters. The number of nitrogens with zero attached hydrogens (tertiary/aromatic N) is 4. The lowest BCUT2D eigenvalue weighted by Crippen LogP contribution is -2.50. The summed E-state index contributed by atoms with van der Waals surface area (Å²) in [4.78, 5) is 41.6. The number of carbonyl (C=O) groups excluding carboxylic acids is 2. The summed E-state index contributed by atoms with van der Waals surface area (Å²) in [5.41, 5.74) is 2.01. The first-order valence-corrected chi connectivity index (χ1v) is 14.2. The van der Waals surface area contributed by atoms with Gasteiger partial charge in [0.1, 0.15) is 4.88 Å². The largest absolute Gasteiger partial charge is 0.465 e. The number of rotatable bonds is 9. The average molecular weight is 511 g/mol. The Morgan fingerprint density at radius 3 is 2.56 bits per heavy atom. The second-order valence-corrected chi connectivity index (χ2v) is 10.7. The zero-order valence-electron chi connectivity index (χ0n) is 21.7. The highest BCUT2D eigenvalue weighted by Gasteiger charge is 2.36. The van der Waals surface area contributed by atoms with Crippen LogP contribution in [0.2, 0.25) is 0 Å². The van der Waals surface area contributed by atoms with Gasteiger partial charge in [-0.3, -0.25) is 4.79 Å². The number of allylic oxidation sites excluding steroid dienone is 2. The summed E-state index contributed by atoms with van der Waals surface area (Å²) >= 11 is 1.47. The summed E-state index contributed by atoms with van der Waals surface area (Å²) < 4.78 is 5.19. The molecule has 2 aliphatic rings. The average Bonchev–Trinajstić information content (AvgIpc) is 3.37. The summed E-state index contributed by atoms with van der Waals surface area (Å²) in [6.07, 6.45) is 14.4. The van der Waals surface area contributed by atoms with Gasteiger partial charge < -0.3 is 14.5 Å². The van der Waals surface area contributed by atoms with Gasteiger partial charge in [0.2, 0.25) is 11.9 Å². The van der Waals surface area contributed by atoms with E-state index in [0.29, 0.717) is 4.88 Å². The molecule has 2 aromatic rings. The van der Waals surface area contributed by atoms with Gasteiger partial charge in [-0.05, 0) is 69.1 Å². The number of aromatic nitrogens is 2. The van der Waals surface area contributed by atoms with Crippen molar-refractivity contribution >= 4 is 40.4 Å². The first-order valence-electron chi connectivity index (χ1n) is 13.3. The smallest absolute Gasteiger partial charge is 0.350 e. The number of carbonyl (C=O) groups is 2. The van der Waals surface area contributed by atoms with Crippen molar-refractivity contribution in [1.29, 1.82) is 0 Å². The Morgan fingerprint density at radius 1 is 1.19 bits per heavy atom. The Kier molecular flexibility index (Phi) is 9.13. The maximum atomic E-state index is 14.1. The maximum absolute atomic E-state index is 14.1. The molecule has 0 saturated carbocycles. The minimum Gasteiger partial charge on any atom is -0.465 e. The van der Waals surface area contributed by atoms with Crippen molar-refractivity contribution in [3.05, 3.63) is 40.4 Å². The predicted octanol–water partition coefficient (Wildman–Crippen LogP) is 6.11. The van der Waals surface area contributed by atoms with Crippen molar-refractivity contribution in [3.63, 3.8) is 0 Å². The second-order valence-electron chi connectivity index (χ2n) is 9.66. The van der Waals surface area contributed by atoms with Gasteiger partial charge >= 0.3 is 5.97 Å². The van der Waals surface area contributed by atoms with Gasteiger partial charge in [-0.1, -0.05) is 26.3 Å². The van der Waals surface area contributed by atoms with Crippen molar-refractivity contribution in [2.45, 2.75) is 77.7 Å². The van der Waals surface area contributed by atoms with Crippen LogP contribution in [0.1, 0.15) is 86.2 Å².